The summed E-state index contributed by atoms with van der Waals surface area (Å²) in [6.07, 6.45) is 7.86. The molecule has 0 heterocycles. The lowest BCUT2D eigenvalue weighted by Crippen LogP contribution is -2.57. The smallest absolute Gasteiger partial charge is 0.141 e. The van der Waals surface area contributed by atoms with Gasteiger partial charge in [-0.3, -0.25) is 4.79 Å². The van der Waals surface area contributed by atoms with Crippen LogP contribution in [0.3, 0.4) is 0 Å². The zero-order chi connectivity index (χ0) is 16.4. The van der Waals surface area contributed by atoms with Crippen LogP contribution in [0, 0.1) is 40.4 Å². The van der Waals surface area contributed by atoms with E-state index in [1.807, 2.05) is 0 Å². The Kier molecular flexibility index (Phi) is 3.70. The first-order valence-corrected chi connectivity index (χ1v) is 9.75. The van der Waals surface area contributed by atoms with Gasteiger partial charge in [-0.2, -0.15) is 0 Å². The van der Waals surface area contributed by atoms with Crippen LogP contribution in [0.15, 0.2) is 0 Å². The minimum absolute atomic E-state index is 0.0636. The predicted molar refractivity (Wildman–Crippen MR) is 88.7 cm³/mol. The Labute approximate surface area is 139 Å². The van der Waals surface area contributed by atoms with Gasteiger partial charge >= 0.3 is 0 Å². The van der Waals surface area contributed by atoms with E-state index < -0.39 is 5.41 Å². The molecule has 0 spiro atoms. The zero-order valence-electron chi connectivity index (χ0n) is 14.6. The molecule has 3 unspecified atom stereocenters. The quantitative estimate of drug-likeness (QED) is 0.780. The van der Waals surface area contributed by atoms with Crippen LogP contribution in [0.25, 0.3) is 0 Å². The Morgan fingerprint density at radius 3 is 2.65 bits per heavy atom. The van der Waals surface area contributed by atoms with E-state index in [0.29, 0.717) is 47.2 Å². The van der Waals surface area contributed by atoms with Gasteiger partial charge in [0, 0.05) is 6.42 Å². The van der Waals surface area contributed by atoms with Gasteiger partial charge in [-0.15, -0.1) is 0 Å². The number of Topliss-reactive ketones (excluding diaryl/α,β-unsaturated/α-hetero) is 1. The highest BCUT2D eigenvalue weighted by molar-refractivity contribution is 5.87. The van der Waals surface area contributed by atoms with Crippen LogP contribution in [0.4, 0.5) is 0 Å². The van der Waals surface area contributed by atoms with E-state index in [1.54, 1.807) is 0 Å². The molecule has 130 valence electrons. The number of carbonyl (C=O) groups is 1. The van der Waals surface area contributed by atoms with Gasteiger partial charge in [-0.1, -0.05) is 13.8 Å². The molecule has 3 heteroatoms. The second kappa shape index (κ2) is 5.29. The molecule has 0 amide bonds. The summed E-state index contributed by atoms with van der Waals surface area (Å²) in [7, 11) is 0. The largest absolute Gasteiger partial charge is 0.395 e. The topological polar surface area (TPSA) is 57.5 Å². The summed E-state index contributed by atoms with van der Waals surface area (Å²) < 4.78 is 0. The number of hydrogen-bond acceptors (Lipinski definition) is 3. The van der Waals surface area contributed by atoms with E-state index in [4.69, 9.17) is 0 Å². The highest BCUT2D eigenvalue weighted by atomic mass is 16.3. The van der Waals surface area contributed by atoms with Gasteiger partial charge in [0.25, 0.3) is 0 Å². The standard InChI is InChI=1S/C20H32O3/c1-12-9-14(22)10-13-3-4-15-16(19(12,13)2)7-8-20(11-21)17(15)5-6-18(20)23/h12-17,21-22H,3-11H2,1-2H3/t12?,13?,14?,15-,16-,17+,19+,20-/m1/s1. The molecule has 0 aliphatic heterocycles. The van der Waals surface area contributed by atoms with Crippen LogP contribution in [0.2, 0.25) is 0 Å². The first-order valence-electron chi connectivity index (χ1n) is 9.75. The van der Waals surface area contributed by atoms with Crippen molar-refractivity contribution in [2.45, 2.75) is 71.3 Å². The summed E-state index contributed by atoms with van der Waals surface area (Å²) in [5, 5.41) is 20.3. The van der Waals surface area contributed by atoms with Crippen molar-refractivity contribution in [2.24, 2.45) is 40.4 Å². The molecule has 0 saturated heterocycles. The van der Waals surface area contributed by atoms with E-state index >= 15 is 0 Å². The number of ketones is 1. The van der Waals surface area contributed by atoms with Crippen LogP contribution < -0.4 is 0 Å². The third kappa shape index (κ3) is 1.99. The molecule has 8 atom stereocenters. The lowest BCUT2D eigenvalue weighted by Gasteiger charge is -2.62. The number of carbonyl (C=O) groups excluding carboxylic acids is 1. The molecule has 4 fully saturated rings. The fourth-order valence-electron chi connectivity index (χ4n) is 7.57. The van der Waals surface area contributed by atoms with Crippen molar-refractivity contribution in [3.8, 4) is 0 Å². The fourth-order valence-corrected chi connectivity index (χ4v) is 7.57. The number of fused-ring (bicyclic) bond motifs is 5. The van der Waals surface area contributed by atoms with Crippen molar-refractivity contribution in [2.75, 3.05) is 6.61 Å². The molecule has 4 aliphatic rings. The molecule has 0 aromatic carbocycles. The summed E-state index contributed by atoms with van der Waals surface area (Å²) >= 11 is 0. The van der Waals surface area contributed by atoms with Crippen LogP contribution in [-0.2, 0) is 4.79 Å². The molecule has 3 nitrogen and oxygen atoms in total. The molecule has 0 bridgehead atoms. The number of aliphatic hydroxyl groups is 2. The first kappa shape index (κ1) is 16.1. The minimum atomic E-state index is -0.401. The van der Waals surface area contributed by atoms with E-state index in [-0.39, 0.29) is 12.7 Å². The molecule has 23 heavy (non-hydrogen) atoms. The highest BCUT2D eigenvalue weighted by Crippen LogP contribution is 2.66. The fraction of sp³-hybridized carbons (Fsp3) is 0.950. The third-order valence-electron chi connectivity index (χ3n) is 8.94. The van der Waals surface area contributed by atoms with Crippen LogP contribution in [0.1, 0.15) is 65.2 Å². The van der Waals surface area contributed by atoms with Crippen molar-refractivity contribution in [3.05, 3.63) is 0 Å². The second-order valence-electron chi connectivity index (χ2n) is 9.36. The normalized spacial score (nSPS) is 55.9. The maximum Gasteiger partial charge on any atom is 0.141 e. The average Bonchev–Trinajstić information content (AvgIpc) is 2.86. The number of aliphatic hydroxyl groups excluding tert-OH is 2. The summed E-state index contributed by atoms with van der Waals surface area (Å²) in [6, 6.07) is 0. The van der Waals surface area contributed by atoms with E-state index in [1.165, 1.54) is 12.8 Å². The lowest BCUT2D eigenvalue weighted by atomic mass is 9.43. The molecule has 4 rings (SSSR count). The first-order chi connectivity index (χ1) is 10.9. The van der Waals surface area contributed by atoms with Gasteiger partial charge in [0.1, 0.15) is 5.78 Å². The number of rotatable bonds is 1. The van der Waals surface area contributed by atoms with Crippen LogP contribution >= 0.6 is 0 Å². The maximum absolute atomic E-state index is 12.5. The SMILES string of the molecule is CC1CC(O)CC2CC[C@@H]3[C@@H](CC[C@]4(CO)C(=O)CC[C@@H]34)[C@@]12C. The summed E-state index contributed by atoms with van der Waals surface area (Å²) in [4.78, 5) is 12.5. The highest BCUT2D eigenvalue weighted by Gasteiger charge is 2.62. The molecule has 4 saturated carbocycles. The Morgan fingerprint density at radius 2 is 1.91 bits per heavy atom. The number of hydrogen-bond donors (Lipinski definition) is 2. The maximum atomic E-state index is 12.5. The van der Waals surface area contributed by atoms with Crippen molar-refractivity contribution >= 4 is 5.78 Å². The third-order valence-corrected chi connectivity index (χ3v) is 8.94. The van der Waals surface area contributed by atoms with E-state index in [9.17, 15) is 15.0 Å². The molecular weight excluding hydrogens is 288 g/mol. The van der Waals surface area contributed by atoms with Gasteiger partial charge in [0.2, 0.25) is 0 Å². The lowest BCUT2D eigenvalue weighted by molar-refractivity contribution is -0.162. The molecular formula is C20H32O3. The monoisotopic (exact) mass is 320 g/mol. The second-order valence-corrected chi connectivity index (χ2v) is 9.36. The van der Waals surface area contributed by atoms with Gasteiger partial charge in [0.05, 0.1) is 18.1 Å². The molecule has 0 aromatic heterocycles. The van der Waals surface area contributed by atoms with Gasteiger partial charge in [-0.25, -0.2) is 0 Å². The van der Waals surface area contributed by atoms with Crippen molar-refractivity contribution in [1.29, 1.82) is 0 Å². The summed E-state index contributed by atoms with van der Waals surface area (Å²) in [6.45, 7) is 4.88. The minimum Gasteiger partial charge on any atom is -0.395 e. The Balaban J connectivity index is 1.68. The van der Waals surface area contributed by atoms with Gasteiger partial charge < -0.3 is 10.2 Å². The van der Waals surface area contributed by atoms with Crippen LogP contribution in [0.5, 0.6) is 0 Å². The van der Waals surface area contributed by atoms with Crippen molar-refractivity contribution in [1.82, 2.24) is 0 Å². The predicted octanol–water partition coefficient (Wildman–Crippen LogP) is 3.18. The Hall–Kier alpha value is -0.410. The molecule has 2 N–H and O–H groups in total. The summed E-state index contributed by atoms with van der Waals surface area (Å²) in [5.74, 6) is 3.24. The van der Waals surface area contributed by atoms with Crippen LogP contribution in [-0.4, -0.2) is 28.7 Å². The molecule has 0 aromatic rings. The van der Waals surface area contributed by atoms with E-state index in [2.05, 4.69) is 13.8 Å². The summed E-state index contributed by atoms with van der Waals surface area (Å²) in [5.41, 5.74) is -0.0861. The zero-order valence-corrected chi connectivity index (χ0v) is 14.6. The molecule has 4 aliphatic carbocycles. The Bertz CT molecular complexity index is 503. The Morgan fingerprint density at radius 1 is 1.13 bits per heavy atom. The molecule has 0 radical (unpaired) electrons. The van der Waals surface area contributed by atoms with E-state index in [0.717, 1.165) is 32.1 Å². The van der Waals surface area contributed by atoms with Crippen molar-refractivity contribution in [3.63, 3.8) is 0 Å². The van der Waals surface area contributed by atoms with Crippen molar-refractivity contribution < 1.29 is 15.0 Å². The average molecular weight is 320 g/mol. The van der Waals surface area contributed by atoms with Gasteiger partial charge in [0.15, 0.2) is 0 Å². The van der Waals surface area contributed by atoms with Gasteiger partial charge in [-0.05, 0) is 80.0 Å².